The van der Waals surface area contributed by atoms with E-state index in [1.807, 2.05) is 42.5 Å². The van der Waals surface area contributed by atoms with Gasteiger partial charge >= 0.3 is 0 Å². The molecule has 0 amide bonds. The molecule has 3 nitrogen and oxygen atoms in total. The molecule has 127 valence electrons. The van der Waals surface area contributed by atoms with Gasteiger partial charge in [-0.3, -0.25) is 5.11 Å². The molecule has 0 spiro atoms. The van der Waals surface area contributed by atoms with E-state index in [9.17, 15) is 5.11 Å². The third-order valence-electron chi connectivity index (χ3n) is 4.74. The molecule has 4 heteroatoms. The van der Waals surface area contributed by atoms with Crippen LogP contribution in [0.1, 0.15) is 17.9 Å². The smallest absolute Gasteiger partial charge is 0.186 e. The highest BCUT2D eigenvalue weighted by Crippen LogP contribution is 2.31. The lowest BCUT2D eigenvalue weighted by atomic mass is 9.89. The Morgan fingerprint density at radius 2 is 1.88 bits per heavy atom. The largest absolute Gasteiger partial charge is 0.489 e. The zero-order valence-corrected chi connectivity index (χ0v) is 14.5. The Morgan fingerprint density at radius 3 is 2.76 bits per heavy atom. The minimum absolute atomic E-state index is 0.0768. The predicted octanol–water partition coefficient (Wildman–Crippen LogP) is 5.16. The molecule has 2 atom stereocenters. The maximum Gasteiger partial charge on any atom is 0.186 e. The Hall–Kier alpha value is -2.23. The molecule has 1 radical (unpaired) electrons. The monoisotopic (exact) mass is 352 g/mol. The second kappa shape index (κ2) is 6.95. The fourth-order valence-electron chi connectivity index (χ4n) is 3.51. The molecular weight excluding hydrogens is 334 g/mol. The van der Waals surface area contributed by atoms with Crippen molar-refractivity contribution in [2.75, 3.05) is 13.1 Å². The van der Waals surface area contributed by atoms with Crippen LogP contribution in [-0.4, -0.2) is 19.2 Å². The van der Waals surface area contributed by atoms with Crippen molar-refractivity contribution < 1.29 is 9.84 Å². The molecule has 1 aliphatic rings. The van der Waals surface area contributed by atoms with Crippen LogP contribution < -0.4 is 10.1 Å². The quantitative estimate of drug-likeness (QED) is 0.707. The molecule has 0 aromatic heterocycles. The predicted molar refractivity (Wildman–Crippen MR) is 100 cm³/mol. The number of ether oxygens (including phenoxy) is 1. The Bertz CT molecular complexity index is 896. The third kappa shape index (κ3) is 3.58. The van der Waals surface area contributed by atoms with Crippen LogP contribution in [0.3, 0.4) is 0 Å². The van der Waals surface area contributed by atoms with E-state index in [4.69, 9.17) is 16.3 Å². The van der Waals surface area contributed by atoms with Crippen LogP contribution in [0.5, 0.6) is 11.5 Å². The van der Waals surface area contributed by atoms with E-state index in [0.717, 1.165) is 36.0 Å². The first-order chi connectivity index (χ1) is 12.2. The van der Waals surface area contributed by atoms with Gasteiger partial charge in [0.2, 0.25) is 0 Å². The fraction of sp³-hybridized carbons (Fsp3) is 0.238. The van der Waals surface area contributed by atoms with Crippen molar-refractivity contribution in [1.82, 2.24) is 5.32 Å². The molecule has 3 aromatic rings. The summed E-state index contributed by atoms with van der Waals surface area (Å²) in [4.78, 5) is 0. The van der Waals surface area contributed by atoms with Crippen molar-refractivity contribution in [2.45, 2.75) is 18.4 Å². The fourth-order valence-corrected chi connectivity index (χ4v) is 3.69. The van der Waals surface area contributed by atoms with E-state index in [-0.39, 0.29) is 11.9 Å². The molecule has 2 unspecified atom stereocenters. The molecule has 1 N–H and O–H groups in total. The molecule has 0 bridgehead atoms. The second-order valence-electron chi connectivity index (χ2n) is 6.52. The van der Waals surface area contributed by atoms with Crippen LogP contribution in [0.4, 0.5) is 0 Å². The van der Waals surface area contributed by atoms with Gasteiger partial charge in [-0.25, -0.2) is 0 Å². The number of nitrogens with one attached hydrogen (secondary N) is 1. The summed E-state index contributed by atoms with van der Waals surface area (Å²) >= 11 is 6.03. The standard InChI is InChI=1S/C21H19ClNO2/c22-17-4-2-5-18(11-17)25-19-10-16(12-23-13-19)14-7-8-20-15(9-14)3-1-6-21(20)24/h1-9,11,16,19,23H,10,12-13H2. The number of hydrogen-bond donors (Lipinski definition) is 1. The maximum atomic E-state index is 11.9. The van der Waals surface area contributed by atoms with Gasteiger partial charge in [0.15, 0.2) is 5.75 Å². The summed E-state index contributed by atoms with van der Waals surface area (Å²) in [6, 6.07) is 19.1. The Morgan fingerprint density at radius 1 is 1.00 bits per heavy atom. The summed E-state index contributed by atoms with van der Waals surface area (Å²) in [6.07, 6.45) is 1.03. The Labute approximate surface area is 152 Å². The highest BCUT2D eigenvalue weighted by molar-refractivity contribution is 6.30. The number of fused-ring (bicyclic) bond motifs is 1. The lowest BCUT2D eigenvalue weighted by Gasteiger charge is -2.31. The van der Waals surface area contributed by atoms with Crippen molar-refractivity contribution in [3.63, 3.8) is 0 Å². The molecule has 3 aromatic carbocycles. The summed E-state index contributed by atoms with van der Waals surface area (Å²) in [5.74, 6) is 1.24. The third-order valence-corrected chi connectivity index (χ3v) is 4.98. The van der Waals surface area contributed by atoms with Crippen LogP contribution in [0.15, 0.2) is 60.7 Å². The summed E-state index contributed by atoms with van der Waals surface area (Å²) in [6.45, 7) is 1.74. The van der Waals surface area contributed by atoms with Crippen molar-refractivity contribution in [3.05, 3.63) is 71.2 Å². The summed E-state index contributed by atoms with van der Waals surface area (Å²) in [5.41, 5.74) is 1.24. The van der Waals surface area contributed by atoms with Crippen LogP contribution in [0, 0.1) is 0 Å². The second-order valence-corrected chi connectivity index (χ2v) is 6.96. The first-order valence-corrected chi connectivity index (χ1v) is 8.89. The normalized spacial score (nSPS) is 20.5. The van der Waals surface area contributed by atoms with E-state index < -0.39 is 0 Å². The molecule has 1 fully saturated rings. The molecule has 1 aliphatic heterocycles. The number of piperidine rings is 1. The molecular formula is C21H19ClNO2. The van der Waals surface area contributed by atoms with Gasteiger partial charge in [-0.05, 0) is 47.6 Å². The average molecular weight is 353 g/mol. The first kappa shape index (κ1) is 16.2. The lowest BCUT2D eigenvalue weighted by Crippen LogP contribution is -2.41. The van der Waals surface area contributed by atoms with Crippen molar-refractivity contribution in [1.29, 1.82) is 0 Å². The molecule has 4 rings (SSSR count). The topological polar surface area (TPSA) is 41.2 Å². The molecule has 1 heterocycles. The Balaban J connectivity index is 1.53. The van der Waals surface area contributed by atoms with E-state index in [1.165, 1.54) is 5.56 Å². The van der Waals surface area contributed by atoms with Crippen LogP contribution in [-0.2, 0) is 5.11 Å². The van der Waals surface area contributed by atoms with E-state index >= 15 is 0 Å². The molecule has 0 aliphatic carbocycles. The highest BCUT2D eigenvalue weighted by atomic mass is 35.5. The number of rotatable bonds is 3. The van der Waals surface area contributed by atoms with Gasteiger partial charge in [0.05, 0.1) is 0 Å². The van der Waals surface area contributed by atoms with Gasteiger partial charge in [0.1, 0.15) is 11.9 Å². The summed E-state index contributed by atoms with van der Waals surface area (Å²) in [7, 11) is 0. The maximum absolute atomic E-state index is 11.9. The number of hydrogen-bond acceptors (Lipinski definition) is 2. The lowest BCUT2D eigenvalue weighted by molar-refractivity contribution is 0.156. The SMILES string of the molecule is [O]c1cccc2cc(C3CNCC(Oc4cccc(Cl)c4)C3)ccc12. The minimum Gasteiger partial charge on any atom is -0.489 e. The number of halogens is 1. The highest BCUT2D eigenvalue weighted by Gasteiger charge is 2.24. The van der Waals surface area contributed by atoms with E-state index in [1.54, 1.807) is 6.07 Å². The van der Waals surface area contributed by atoms with Crippen LogP contribution in [0.2, 0.25) is 5.02 Å². The average Bonchev–Trinajstić information content (AvgIpc) is 2.62. The zero-order valence-electron chi connectivity index (χ0n) is 13.7. The van der Waals surface area contributed by atoms with Gasteiger partial charge in [-0.1, -0.05) is 48.0 Å². The first-order valence-electron chi connectivity index (χ1n) is 8.52. The van der Waals surface area contributed by atoms with Crippen molar-refractivity contribution in [3.8, 4) is 11.5 Å². The number of benzene rings is 3. The minimum atomic E-state index is 0.0768. The summed E-state index contributed by atoms with van der Waals surface area (Å²) in [5, 5.41) is 17.8. The van der Waals surface area contributed by atoms with Crippen molar-refractivity contribution in [2.24, 2.45) is 0 Å². The van der Waals surface area contributed by atoms with Crippen LogP contribution >= 0.6 is 11.6 Å². The van der Waals surface area contributed by atoms with Gasteiger partial charge < -0.3 is 10.1 Å². The summed E-state index contributed by atoms with van der Waals surface area (Å²) < 4.78 is 6.10. The van der Waals surface area contributed by atoms with Gasteiger partial charge in [0, 0.05) is 23.5 Å². The Kier molecular flexibility index (Phi) is 4.51. The molecule has 1 saturated heterocycles. The van der Waals surface area contributed by atoms with Crippen molar-refractivity contribution >= 4 is 22.4 Å². The van der Waals surface area contributed by atoms with E-state index in [0.29, 0.717) is 10.9 Å². The zero-order chi connectivity index (χ0) is 17.2. The van der Waals surface area contributed by atoms with Crippen LogP contribution in [0.25, 0.3) is 10.8 Å². The molecule has 25 heavy (non-hydrogen) atoms. The van der Waals surface area contributed by atoms with Gasteiger partial charge in [-0.15, -0.1) is 0 Å². The van der Waals surface area contributed by atoms with Gasteiger partial charge in [0.25, 0.3) is 0 Å². The van der Waals surface area contributed by atoms with Gasteiger partial charge in [-0.2, -0.15) is 0 Å². The molecule has 0 saturated carbocycles. The van der Waals surface area contributed by atoms with E-state index in [2.05, 4.69) is 17.4 Å².